The molecule has 0 aromatic carbocycles. The van der Waals surface area contributed by atoms with Gasteiger partial charge in [-0.3, -0.25) is 5.43 Å². The predicted octanol–water partition coefficient (Wildman–Crippen LogP) is 0.719. The lowest BCUT2D eigenvalue weighted by atomic mass is 10.1. The number of nitrogens with one attached hydrogen (secondary N) is 1. The molecule has 1 N–H and O–H groups in total. The normalized spacial score (nSPS) is 18.1. The van der Waals surface area contributed by atoms with Crippen molar-refractivity contribution in [1.29, 1.82) is 0 Å². The molecule has 0 radical (unpaired) electrons. The van der Waals surface area contributed by atoms with E-state index >= 15 is 0 Å². The molecule has 0 saturated carbocycles. The highest BCUT2D eigenvalue weighted by Crippen LogP contribution is 2.18. The molecule has 2 rings (SSSR count). The first kappa shape index (κ1) is 8.50. The van der Waals surface area contributed by atoms with Gasteiger partial charge in [0.1, 0.15) is 6.33 Å². The van der Waals surface area contributed by atoms with Crippen molar-refractivity contribution in [3.05, 3.63) is 6.33 Å². The Labute approximate surface area is 77.7 Å². The maximum absolute atomic E-state index is 4.12. The largest absolute Gasteiger partial charge is 0.287 e. The van der Waals surface area contributed by atoms with Crippen molar-refractivity contribution in [2.75, 3.05) is 12.0 Å². The number of hydrogen-bond acceptors (Lipinski definition) is 4. The van der Waals surface area contributed by atoms with Crippen LogP contribution in [0.4, 0.5) is 5.95 Å². The van der Waals surface area contributed by atoms with Crippen LogP contribution in [0.25, 0.3) is 0 Å². The first-order chi connectivity index (χ1) is 6.07. The van der Waals surface area contributed by atoms with Crippen LogP contribution in [0, 0.1) is 0 Å². The summed E-state index contributed by atoms with van der Waals surface area (Å²) in [6.45, 7) is 8.38. The van der Waals surface area contributed by atoms with E-state index in [9.17, 15) is 0 Å². The summed E-state index contributed by atoms with van der Waals surface area (Å²) in [5.41, 5.74) is 3.36. The Morgan fingerprint density at radius 3 is 2.85 bits per heavy atom. The Morgan fingerprint density at radius 2 is 2.15 bits per heavy atom. The average molecular weight is 181 g/mol. The quantitative estimate of drug-likeness (QED) is 0.640. The van der Waals surface area contributed by atoms with Crippen LogP contribution in [0.1, 0.15) is 20.8 Å². The molecule has 5 nitrogen and oxygen atoms in total. The number of rotatable bonds is 0. The van der Waals surface area contributed by atoms with Gasteiger partial charge in [0.2, 0.25) is 5.95 Å². The van der Waals surface area contributed by atoms with Crippen molar-refractivity contribution >= 4 is 5.95 Å². The molecule has 2 heterocycles. The number of anilines is 1. The van der Waals surface area contributed by atoms with Gasteiger partial charge in [-0.1, -0.05) is 0 Å². The van der Waals surface area contributed by atoms with E-state index < -0.39 is 0 Å². The van der Waals surface area contributed by atoms with Crippen molar-refractivity contribution in [2.45, 2.75) is 32.9 Å². The SMILES string of the molecule is CC(C)(C)N1CCn2ncnc2N1. The summed E-state index contributed by atoms with van der Waals surface area (Å²) in [6, 6.07) is 0. The molecule has 0 fully saturated rings. The minimum Gasteiger partial charge on any atom is -0.287 e. The van der Waals surface area contributed by atoms with Gasteiger partial charge in [-0.05, 0) is 20.8 Å². The van der Waals surface area contributed by atoms with Crippen molar-refractivity contribution < 1.29 is 0 Å². The van der Waals surface area contributed by atoms with Gasteiger partial charge in [-0.2, -0.15) is 10.1 Å². The Kier molecular flexibility index (Phi) is 1.76. The molecule has 0 bridgehead atoms. The maximum atomic E-state index is 4.12. The van der Waals surface area contributed by atoms with E-state index in [1.807, 2.05) is 4.68 Å². The Balaban J connectivity index is 2.18. The van der Waals surface area contributed by atoms with Crippen molar-refractivity contribution in [2.24, 2.45) is 0 Å². The summed E-state index contributed by atoms with van der Waals surface area (Å²) in [5.74, 6) is 0.834. The van der Waals surface area contributed by atoms with Gasteiger partial charge in [-0.15, -0.1) is 0 Å². The van der Waals surface area contributed by atoms with Crippen LogP contribution in [0.5, 0.6) is 0 Å². The van der Waals surface area contributed by atoms with Gasteiger partial charge >= 0.3 is 0 Å². The third kappa shape index (κ3) is 1.51. The standard InChI is InChI=1S/C8H15N5/c1-8(2,3)13-5-4-12-7(11-13)9-6-10-12/h6H,4-5H2,1-3H3,(H,9,10,11). The highest BCUT2D eigenvalue weighted by atomic mass is 15.6. The summed E-state index contributed by atoms with van der Waals surface area (Å²) >= 11 is 0. The zero-order valence-electron chi connectivity index (χ0n) is 8.28. The fraction of sp³-hybridized carbons (Fsp3) is 0.750. The van der Waals surface area contributed by atoms with E-state index in [4.69, 9.17) is 0 Å². The third-order valence-corrected chi connectivity index (χ3v) is 2.20. The van der Waals surface area contributed by atoms with Crippen molar-refractivity contribution in [3.8, 4) is 0 Å². The molecule has 13 heavy (non-hydrogen) atoms. The van der Waals surface area contributed by atoms with E-state index in [-0.39, 0.29) is 5.54 Å². The fourth-order valence-corrected chi connectivity index (χ4v) is 1.39. The smallest absolute Gasteiger partial charge is 0.236 e. The molecule has 1 aliphatic heterocycles. The molecule has 0 unspecified atom stereocenters. The molecule has 0 saturated heterocycles. The van der Waals surface area contributed by atoms with Crippen LogP contribution < -0.4 is 5.43 Å². The maximum Gasteiger partial charge on any atom is 0.236 e. The van der Waals surface area contributed by atoms with E-state index in [0.29, 0.717) is 0 Å². The van der Waals surface area contributed by atoms with E-state index in [0.717, 1.165) is 19.0 Å². The van der Waals surface area contributed by atoms with E-state index in [2.05, 4.69) is 41.3 Å². The number of hydrogen-bond donors (Lipinski definition) is 1. The Morgan fingerprint density at radius 1 is 1.38 bits per heavy atom. The molecule has 0 spiro atoms. The zero-order valence-corrected chi connectivity index (χ0v) is 8.28. The van der Waals surface area contributed by atoms with Gasteiger partial charge < -0.3 is 0 Å². The summed E-state index contributed by atoms with van der Waals surface area (Å²) in [5, 5.41) is 6.27. The topological polar surface area (TPSA) is 46.0 Å². The summed E-state index contributed by atoms with van der Waals surface area (Å²) in [4.78, 5) is 4.12. The van der Waals surface area contributed by atoms with Crippen LogP contribution in [0.15, 0.2) is 6.33 Å². The van der Waals surface area contributed by atoms with Crippen molar-refractivity contribution in [1.82, 2.24) is 19.8 Å². The van der Waals surface area contributed by atoms with E-state index in [1.165, 1.54) is 0 Å². The molecule has 0 atom stereocenters. The minimum atomic E-state index is 0.122. The number of aromatic nitrogens is 3. The van der Waals surface area contributed by atoms with Gasteiger partial charge in [0, 0.05) is 12.1 Å². The minimum absolute atomic E-state index is 0.122. The van der Waals surface area contributed by atoms with Gasteiger partial charge in [-0.25, -0.2) is 9.69 Å². The van der Waals surface area contributed by atoms with Crippen LogP contribution in [-0.2, 0) is 6.54 Å². The summed E-state index contributed by atoms with van der Waals surface area (Å²) in [6.07, 6.45) is 1.58. The molecular weight excluding hydrogens is 166 g/mol. The number of nitrogens with zero attached hydrogens (tertiary/aromatic N) is 4. The molecule has 1 aromatic heterocycles. The van der Waals surface area contributed by atoms with Crippen LogP contribution in [0.3, 0.4) is 0 Å². The average Bonchev–Trinajstić information content (AvgIpc) is 2.47. The Hall–Kier alpha value is -1.10. The second kappa shape index (κ2) is 2.70. The van der Waals surface area contributed by atoms with Gasteiger partial charge in [0.15, 0.2) is 0 Å². The van der Waals surface area contributed by atoms with Gasteiger partial charge in [0.05, 0.1) is 6.54 Å². The molecule has 0 aliphatic carbocycles. The van der Waals surface area contributed by atoms with Crippen LogP contribution in [-0.4, -0.2) is 31.9 Å². The number of fused-ring (bicyclic) bond motifs is 1. The van der Waals surface area contributed by atoms with Crippen LogP contribution in [0.2, 0.25) is 0 Å². The zero-order chi connectivity index (χ0) is 9.47. The van der Waals surface area contributed by atoms with Gasteiger partial charge in [0.25, 0.3) is 0 Å². The number of hydrazine groups is 1. The first-order valence-electron chi connectivity index (χ1n) is 4.49. The lowest BCUT2D eigenvalue weighted by Gasteiger charge is -2.38. The molecular formula is C8H15N5. The molecule has 5 heteroatoms. The summed E-state index contributed by atoms with van der Waals surface area (Å²) < 4.78 is 1.88. The fourth-order valence-electron chi connectivity index (χ4n) is 1.39. The molecule has 1 aromatic rings. The highest BCUT2D eigenvalue weighted by Gasteiger charge is 2.26. The molecule has 72 valence electrons. The predicted molar refractivity (Wildman–Crippen MR) is 50.1 cm³/mol. The highest BCUT2D eigenvalue weighted by molar-refractivity contribution is 5.23. The third-order valence-electron chi connectivity index (χ3n) is 2.20. The monoisotopic (exact) mass is 181 g/mol. The second-order valence-corrected chi connectivity index (χ2v) is 4.24. The van der Waals surface area contributed by atoms with Crippen molar-refractivity contribution in [3.63, 3.8) is 0 Å². The Bertz CT molecular complexity index is 298. The first-order valence-corrected chi connectivity index (χ1v) is 4.49. The lowest BCUT2D eigenvalue weighted by molar-refractivity contribution is 0.149. The molecule has 1 aliphatic rings. The van der Waals surface area contributed by atoms with E-state index in [1.54, 1.807) is 6.33 Å². The molecule has 0 amide bonds. The second-order valence-electron chi connectivity index (χ2n) is 4.24. The lowest BCUT2D eigenvalue weighted by Crippen LogP contribution is -2.50. The summed E-state index contributed by atoms with van der Waals surface area (Å²) in [7, 11) is 0. The van der Waals surface area contributed by atoms with Crippen LogP contribution >= 0.6 is 0 Å².